The van der Waals surface area contributed by atoms with Crippen LogP contribution in [0.15, 0.2) is 30.5 Å². The summed E-state index contributed by atoms with van der Waals surface area (Å²) in [6.07, 6.45) is 4.58. The summed E-state index contributed by atoms with van der Waals surface area (Å²) in [6.45, 7) is 5.63. The molecule has 26 heavy (non-hydrogen) atoms. The topological polar surface area (TPSA) is 75.1 Å². The molecule has 4 rings (SSSR count). The molecule has 3 unspecified atom stereocenters. The molecule has 2 aromatic rings. The number of carbonyl (C=O) groups is 1. The highest BCUT2D eigenvalue weighted by molar-refractivity contribution is 5.82. The van der Waals surface area contributed by atoms with Gasteiger partial charge in [0.15, 0.2) is 0 Å². The molecule has 138 valence electrons. The summed E-state index contributed by atoms with van der Waals surface area (Å²) in [6, 6.07) is 8.09. The van der Waals surface area contributed by atoms with Gasteiger partial charge >= 0.3 is 0 Å². The number of nitrogens with zero attached hydrogens (tertiary/aromatic N) is 4. The lowest BCUT2D eigenvalue weighted by Gasteiger charge is -2.26. The Morgan fingerprint density at radius 1 is 1.31 bits per heavy atom. The van der Waals surface area contributed by atoms with Crippen molar-refractivity contribution in [1.29, 1.82) is 0 Å². The number of hydrogen-bond acceptors (Lipinski definition) is 5. The summed E-state index contributed by atoms with van der Waals surface area (Å²) in [7, 11) is 0. The van der Waals surface area contributed by atoms with Crippen LogP contribution in [-0.4, -0.2) is 44.2 Å². The van der Waals surface area contributed by atoms with Gasteiger partial charge in [-0.25, -0.2) is 5.43 Å². The maximum absolute atomic E-state index is 13.1. The fraction of sp³-hybridized carbons (Fsp3) is 0.526. The minimum Gasteiger partial charge on any atom is -0.333 e. The van der Waals surface area contributed by atoms with Gasteiger partial charge in [-0.2, -0.15) is 5.10 Å². The highest BCUT2D eigenvalue weighted by Gasteiger charge is 2.38. The zero-order valence-electron chi connectivity index (χ0n) is 15.4. The molecule has 2 aliphatic rings. The van der Waals surface area contributed by atoms with E-state index in [9.17, 15) is 4.79 Å². The van der Waals surface area contributed by atoms with E-state index in [4.69, 9.17) is 0 Å². The highest BCUT2D eigenvalue weighted by Crippen LogP contribution is 2.31. The van der Waals surface area contributed by atoms with E-state index in [1.54, 1.807) is 6.20 Å². The third-order valence-electron chi connectivity index (χ3n) is 5.34. The second kappa shape index (κ2) is 7.17. The standard InChI is InChI=1S/C19H26N6O/c1-13-10-14(2)25(23-13)12-15-11-17(22-21-15)19(26)24-9-5-7-18(24)16-6-3-4-8-20-16/h3-4,6,8,10,15,17-18,21-22H,5,7,9,11-12H2,1-2H3. The Hall–Kier alpha value is -2.25. The molecule has 0 radical (unpaired) electrons. The molecule has 7 nitrogen and oxygen atoms in total. The molecule has 2 aliphatic heterocycles. The van der Waals surface area contributed by atoms with Gasteiger partial charge in [-0.15, -0.1) is 0 Å². The van der Waals surface area contributed by atoms with E-state index in [2.05, 4.69) is 33.9 Å². The third-order valence-corrected chi connectivity index (χ3v) is 5.34. The van der Waals surface area contributed by atoms with Crippen LogP contribution >= 0.6 is 0 Å². The number of likely N-dealkylation sites (tertiary alicyclic amines) is 1. The van der Waals surface area contributed by atoms with E-state index >= 15 is 0 Å². The number of carbonyl (C=O) groups excluding carboxylic acids is 1. The van der Waals surface area contributed by atoms with Crippen molar-refractivity contribution in [3.05, 3.63) is 47.5 Å². The molecule has 0 aliphatic carbocycles. The van der Waals surface area contributed by atoms with Gasteiger partial charge < -0.3 is 4.90 Å². The summed E-state index contributed by atoms with van der Waals surface area (Å²) in [5, 5.41) is 4.52. The molecule has 0 aromatic carbocycles. The summed E-state index contributed by atoms with van der Waals surface area (Å²) < 4.78 is 2.01. The Morgan fingerprint density at radius 2 is 2.19 bits per heavy atom. The fourth-order valence-electron chi connectivity index (χ4n) is 4.08. The van der Waals surface area contributed by atoms with Crippen molar-refractivity contribution in [2.75, 3.05) is 6.54 Å². The van der Waals surface area contributed by atoms with E-state index in [0.29, 0.717) is 0 Å². The van der Waals surface area contributed by atoms with Crippen molar-refractivity contribution in [2.45, 2.75) is 57.8 Å². The molecule has 2 fully saturated rings. The van der Waals surface area contributed by atoms with Gasteiger partial charge in [-0.05, 0) is 51.3 Å². The zero-order chi connectivity index (χ0) is 18.1. The van der Waals surface area contributed by atoms with Crippen LogP contribution in [0.1, 0.15) is 42.4 Å². The molecular weight excluding hydrogens is 328 g/mol. The Bertz CT molecular complexity index is 774. The first kappa shape index (κ1) is 17.2. The molecule has 3 atom stereocenters. The zero-order valence-corrected chi connectivity index (χ0v) is 15.4. The molecule has 2 aromatic heterocycles. The van der Waals surface area contributed by atoms with Crippen LogP contribution in [0.4, 0.5) is 0 Å². The van der Waals surface area contributed by atoms with E-state index in [0.717, 1.165) is 49.4 Å². The Kier molecular flexibility index (Phi) is 4.74. The first-order valence-electron chi connectivity index (χ1n) is 9.35. The van der Waals surface area contributed by atoms with Gasteiger partial charge in [-0.3, -0.25) is 19.9 Å². The molecule has 4 heterocycles. The quantitative estimate of drug-likeness (QED) is 0.870. The van der Waals surface area contributed by atoms with E-state index < -0.39 is 0 Å². The van der Waals surface area contributed by atoms with Gasteiger partial charge in [0.2, 0.25) is 5.91 Å². The average Bonchev–Trinajstić information content (AvgIpc) is 3.36. The number of rotatable bonds is 4. The monoisotopic (exact) mass is 354 g/mol. The Morgan fingerprint density at radius 3 is 2.92 bits per heavy atom. The number of hydrogen-bond donors (Lipinski definition) is 2. The number of pyridine rings is 1. The van der Waals surface area contributed by atoms with Crippen LogP contribution in [0.25, 0.3) is 0 Å². The molecule has 1 amide bonds. The van der Waals surface area contributed by atoms with Crippen molar-refractivity contribution in [3.63, 3.8) is 0 Å². The average molecular weight is 354 g/mol. The van der Waals surface area contributed by atoms with E-state index in [1.165, 1.54) is 0 Å². The summed E-state index contributed by atoms with van der Waals surface area (Å²) in [5.74, 6) is 0.168. The first-order chi connectivity index (χ1) is 12.6. The van der Waals surface area contributed by atoms with Gasteiger partial charge in [0.1, 0.15) is 6.04 Å². The summed E-state index contributed by atoms with van der Waals surface area (Å²) >= 11 is 0. The maximum Gasteiger partial charge on any atom is 0.241 e. The second-order valence-corrected chi connectivity index (χ2v) is 7.33. The van der Waals surface area contributed by atoms with Gasteiger partial charge in [0, 0.05) is 24.5 Å². The number of nitrogens with one attached hydrogen (secondary N) is 2. The fourth-order valence-corrected chi connectivity index (χ4v) is 4.08. The molecule has 2 saturated heterocycles. The van der Waals surface area contributed by atoms with Crippen LogP contribution in [0.3, 0.4) is 0 Å². The van der Waals surface area contributed by atoms with Crippen LogP contribution in [0.2, 0.25) is 0 Å². The van der Waals surface area contributed by atoms with Crippen molar-refractivity contribution < 1.29 is 4.79 Å². The SMILES string of the molecule is Cc1cc(C)n(CC2CC(C(=O)N3CCCC3c3ccccn3)NN2)n1. The lowest BCUT2D eigenvalue weighted by Crippen LogP contribution is -2.45. The van der Waals surface area contributed by atoms with E-state index in [-0.39, 0.29) is 24.0 Å². The van der Waals surface area contributed by atoms with Crippen LogP contribution in [-0.2, 0) is 11.3 Å². The van der Waals surface area contributed by atoms with Crippen molar-refractivity contribution in [3.8, 4) is 0 Å². The minimum atomic E-state index is -0.193. The lowest BCUT2D eigenvalue weighted by atomic mass is 10.1. The molecule has 2 N–H and O–H groups in total. The van der Waals surface area contributed by atoms with E-state index in [1.807, 2.05) is 34.7 Å². The lowest BCUT2D eigenvalue weighted by molar-refractivity contribution is -0.134. The van der Waals surface area contributed by atoms with Crippen molar-refractivity contribution in [2.24, 2.45) is 0 Å². The van der Waals surface area contributed by atoms with Crippen LogP contribution in [0.5, 0.6) is 0 Å². The number of aryl methyl sites for hydroxylation is 2. The second-order valence-electron chi connectivity index (χ2n) is 7.33. The predicted octanol–water partition coefficient (Wildman–Crippen LogP) is 1.49. The van der Waals surface area contributed by atoms with Crippen LogP contribution in [0, 0.1) is 13.8 Å². The third kappa shape index (κ3) is 3.37. The van der Waals surface area contributed by atoms with Crippen molar-refractivity contribution in [1.82, 2.24) is 30.5 Å². The molecule has 0 spiro atoms. The highest BCUT2D eigenvalue weighted by atomic mass is 16.2. The number of amides is 1. The van der Waals surface area contributed by atoms with Gasteiger partial charge in [0.25, 0.3) is 0 Å². The smallest absolute Gasteiger partial charge is 0.241 e. The van der Waals surface area contributed by atoms with Crippen LogP contribution < -0.4 is 10.9 Å². The first-order valence-corrected chi connectivity index (χ1v) is 9.35. The minimum absolute atomic E-state index is 0.0977. The largest absolute Gasteiger partial charge is 0.333 e. The normalized spacial score (nSPS) is 25.8. The van der Waals surface area contributed by atoms with Gasteiger partial charge in [0.05, 0.1) is 24.0 Å². The number of aromatic nitrogens is 3. The Labute approximate surface area is 153 Å². The van der Waals surface area contributed by atoms with Gasteiger partial charge in [-0.1, -0.05) is 6.07 Å². The number of hydrazine groups is 1. The molecular formula is C19H26N6O. The molecule has 0 bridgehead atoms. The summed E-state index contributed by atoms with van der Waals surface area (Å²) in [5.41, 5.74) is 9.64. The molecule has 0 saturated carbocycles. The van der Waals surface area contributed by atoms with Crippen molar-refractivity contribution >= 4 is 5.91 Å². The predicted molar refractivity (Wildman–Crippen MR) is 98.1 cm³/mol. The maximum atomic E-state index is 13.1. The molecule has 7 heteroatoms. The Balaban J connectivity index is 1.40. The summed E-state index contributed by atoms with van der Waals surface area (Å²) in [4.78, 5) is 19.5.